The minimum Gasteiger partial charge on any atom is -0.494 e. The van der Waals surface area contributed by atoms with Gasteiger partial charge in [-0.25, -0.2) is 19.3 Å². The lowest BCUT2D eigenvalue weighted by molar-refractivity contribution is 0.0997. The SMILES string of the molecule is CCOc1ccc(-c2nc(C(N)=O)c3c(n2)n(-c2ccc(C)c(C)c2)c(=O)n3Cc2ccccc2)cc1. The summed E-state index contributed by atoms with van der Waals surface area (Å²) < 4.78 is 8.58. The van der Waals surface area contributed by atoms with Crippen molar-refractivity contribution in [3.63, 3.8) is 0 Å². The quantitative estimate of drug-likeness (QED) is 0.362. The Hall–Kier alpha value is -4.72. The molecule has 0 spiro atoms. The topological polar surface area (TPSA) is 105 Å². The van der Waals surface area contributed by atoms with Crippen molar-refractivity contribution in [2.75, 3.05) is 6.61 Å². The van der Waals surface area contributed by atoms with Gasteiger partial charge in [-0.05, 0) is 73.9 Å². The summed E-state index contributed by atoms with van der Waals surface area (Å²) in [4.78, 5) is 35.9. The molecule has 37 heavy (non-hydrogen) atoms. The second kappa shape index (κ2) is 9.73. The monoisotopic (exact) mass is 493 g/mol. The van der Waals surface area contributed by atoms with Gasteiger partial charge < -0.3 is 10.5 Å². The van der Waals surface area contributed by atoms with Gasteiger partial charge in [0.15, 0.2) is 17.2 Å². The van der Waals surface area contributed by atoms with Gasteiger partial charge >= 0.3 is 5.69 Å². The molecule has 0 aliphatic carbocycles. The Balaban J connectivity index is 1.81. The third-order valence-electron chi connectivity index (χ3n) is 6.36. The van der Waals surface area contributed by atoms with Crippen LogP contribution < -0.4 is 16.2 Å². The van der Waals surface area contributed by atoms with Crippen LogP contribution in [0.5, 0.6) is 5.75 Å². The molecule has 0 unspecified atom stereocenters. The summed E-state index contributed by atoms with van der Waals surface area (Å²) in [7, 11) is 0. The number of benzene rings is 3. The molecule has 0 saturated carbocycles. The highest BCUT2D eigenvalue weighted by Crippen LogP contribution is 2.26. The lowest BCUT2D eigenvalue weighted by Crippen LogP contribution is -2.24. The van der Waals surface area contributed by atoms with Gasteiger partial charge in [-0.15, -0.1) is 0 Å². The number of rotatable bonds is 7. The standard InChI is InChI=1S/C29H27N5O3/c1-4-37-23-14-11-21(12-15-23)27-31-24(26(30)35)25-28(32-27)34(22-13-10-18(2)19(3)16-22)29(36)33(25)17-20-8-6-5-7-9-20/h5-16H,4,17H2,1-3H3,(H2,30,35). The van der Waals surface area contributed by atoms with Crippen LogP contribution in [0.3, 0.4) is 0 Å². The molecule has 0 aliphatic rings. The Kier molecular flexibility index (Phi) is 6.31. The second-order valence-electron chi connectivity index (χ2n) is 8.85. The van der Waals surface area contributed by atoms with Gasteiger partial charge in [0.2, 0.25) is 0 Å². The van der Waals surface area contributed by atoms with Gasteiger partial charge in [0, 0.05) is 5.56 Å². The van der Waals surface area contributed by atoms with Gasteiger partial charge in [-0.1, -0.05) is 36.4 Å². The fourth-order valence-electron chi connectivity index (χ4n) is 4.33. The summed E-state index contributed by atoms with van der Waals surface area (Å²) in [5.41, 5.74) is 10.4. The number of amides is 1. The average molecular weight is 494 g/mol. The van der Waals surface area contributed by atoms with Crippen LogP contribution in [0.15, 0.2) is 77.6 Å². The molecule has 5 rings (SSSR count). The normalized spacial score (nSPS) is 11.1. The molecule has 0 aliphatic heterocycles. The van der Waals surface area contributed by atoms with Crippen molar-refractivity contribution >= 4 is 17.1 Å². The summed E-state index contributed by atoms with van der Waals surface area (Å²) in [6, 6.07) is 22.6. The molecular weight excluding hydrogens is 466 g/mol. The zero-order chi connectivity index (χ0) is 26.1. The van der Waals surface area contributed by atoms with Crippen LogP contribution in [0, 0.1) is 13.8 Å². The molecule has 2 aromatic heterocycles. The lowest BCUT2D eigenvalue weighted by Gasteiger charge is -2.09. The molecule has 5 aromatic rings. The third-order valence-corrected chi connectivity index (χ3v) is 6.36. The molecule has 2 heterocycles. The molecule has 0 radical (unpaired) electrons. The number of aryl methyl sites for hydroxylation is 2. The van der Waals surface area contributed by atoms with E-state index in [1.165, 1.54) is 9.13 Å². The molecule has 8 nitrogen and oxygen atoms in total. The van der Waals surface area contributed by atoms with Crippen molar-refractivity contribution in [2.24, 2.45) is 5.73 Å². The maximum atomic E-state index is 13.9. The van der Waals surface area contributed by atoms with Crippen molar-refractivity contribution in [3.8, 4) is 22.8 Å². The minimum absolute atomic E-state index is 0.00972. The van der Waals surface area contributed by atoms with E-state index < -0.39 is 5.91 Å². The van der Waals surface area contributed by atoms with Crippen LogP contribution in [0.1, 0.15) is 34.1 Å². The molecule has 1 amide bonds. The zero-order valence-electron chi connectivity index (χ0n) is 20.9. The summed E-state index contributed by atoms with van der Waals surface area (Å²) in [6.07, 6.45) is 0. The van der Waals surface area contributed by atoms with E-state index >= 15 is 0 Å². The predicted octanol–water partition coefficient (Wildman–Crippen LogP) is 4.41. The summed E-state index contributed by atoms with van der Waals surface area (Å²) in [5, 5.41) is 0. The van der Waals surface area contributed by atoms with E-state index in [1.807, 2.05) is 93.6 Å². The predicted molar refractivity (Wildman–Crippen MR) is 143 cm³/mol. The van der Waals surface area contributed by atoms with Crippen LogP contribution in [-0.4, -0.2) is 31.6 Å². The van der Waals surface area contributed by atoms with Gasteiger partial charge in [0.25, 0.3) is 5.91 Å². The van der Waals surface area contributed by atoms with Crippen molar-refractivity contribution < 1.29 is 9.53 Å². The van der Waals surface area contributed by atoms with Crippen LogP contribution in [0.2, 0.25) is 0 Å². The highest BCUT2D eigenvalue weighted by atomic mass is 16.5. The fraction of sp³-hybridized carbons (Fsp3) is 0.172. The molecule has 8 heteroatoms. The number of hydrogen-bond acceptors (Lipinski definition) is 5. The number of carbonyl (C=O) groups excluding carboxylic acids is 1. The van der Waals surface area contributed by atoms with Crippen LogP contribution in [-0.2, 0) is 6.54 Å². The zero-order valence-corrected chi connectivity index (χ0v) is 20.9. The number of nitrogens with two attached hydrogens (primary N) is 1. The molecule has 0 atom stereocenters. The van der Waals surface area contributed by atoms with Gasteiger partial charge in [0.1, 0.15) is 11.3 Å². The summed E-state index contributed by atoms with van der Waals surface area (Å²) in [6.45, 7) is 6.70. The van der Waals surface area contributed by atoms with E-state index in [9.17, 15) is 9.59 Å². The molecule has 0 fully saturated rings. The first-order valence-corrected chi connectivity index (χ1v) is 12.0. The Morgan fingerprint density at radius 3 is 2.32 bits per heavy atom. The number of fused-ring (bicyclic) bond motifs is 1. The molecule has 0 bridgehead atoms. The summed E-state index contributed by atoms with van der Waals surface area (Å²) >= 11 is 0. The van der Waals surface area contributed by atoms with E-state index in [1.54, 1.807) is 0 Å². The van der Waals surface area contributed by atoms with E-state index in [-0.39, 0.29) is 17.9 Å². The Labute approximate surface area is 214 Å². The molecule has 0 saturated heterocycles. The number of nitrogens with zero attached hydrogens (tertiary/aromatic N) is 4. The number of primary amides is 1. The second-order valence-corrected chi connectivity index (χ2v) is 8.85. The lowest BCUT2D eigenvalue weighted by atomic mass is 10.1. The maximum absolute atomic E-state index is 13.9. The number of ether oxygens (including phenoxy) is 1. The van der Waals surface area contributed by atoms with Crippen molar-refractivity contribution in [2.45, 2.75) is 27.3 Å². The smallest absolute Gasteiger partial charge is 0.335 e. The Bertz CT molecular complexity index is 1670. The maximum Gasteiger partial charge on any atom is 0.335 e. The van der Waals surface area contributed by atoms with Crippen molar-refractivity contribution in [1.29, 1.82) is 0 Å². The first-order valence-electron chi connectivity index (χ1n) is 12.0. The first kappa shape index (κ1) is 24.0. The van der Waals surface area contributed by atoms with Gasteiger partial charge in [0.05, 0.1) is 18.8 Å². The highest BCUT2D eigenvalue weighted by molar-refractivity contribution is 6.02. The number of imidazole rings is 1. The van der Waals surface area contributed by atoms with Gasteiger partial charge in [-0.2, -0.15) is 0 Å². The molecule has 2 N–H and O–H groups in total. The van der Waals surface area contributed by atoms with Crippen LogP contribution >= 0.6 is 0 Å². The number of carbonyl (C=O) groups is 1. The van der Waals surface area contributed by atoms with E-state index in [2.05, 4.69) is 4.98 Å². The summed E-state index contributed by atoms with van der Waals surface area (Å²) in [5.74, 6) is 0.265. The van der Waals surface area contributed by atoms with E-state index in [0.29, 0.717) is 40.6 Å². The first-order chi connectivity index (χ1) is 17.9. The highest BCUT2D eigenvalue weighted by Gasteiger charge is 2.24. The van der Waals surface area contributed by atoms with E-state index in [0.717, 1.165) is 16.7 Å². The fourth-order valence-corrected chi connectivity index (χ4v) is 4.33. The van der Waals surface area contributed by atoms with Crippen molar-refractivity contribution in [1.82, 2.24) is 19.1 Å². The van der Waals surface area contributed by atoms with Gasteiger partial charge in [-0.3, -0.25) is 9.36 Å². The molecule has 186 valence electrons. The van der Waals surface area contributed by atoms with Crippen LogP contribution in [0.25, 0.3) is 28.2 Å². The third kappa shape index (κ3) is 4.49. The Morgan fingerprint density at radius 2 is 1.68 bits per heavy atom. The molecular formula is C29H27N5O3. The number of hydrogen-bond donors (Lipinski definition) is 1. The Morgan fingerprint density at radius 1 is 0.946 bits per heavy atom. The van der Waals surface area contributed by atoms with Crippen LogP contribution in [0.4, 0.5) is 0 Å². The van der Waals surface area contributed by atoms with E-state index in [4.69, 9.17) is 15.5 Å². The average Bonchev–Trinajstić information content (AvgIpc) is 3.17. The minimum atomic E-state index is -0.737. The number of aromatic nitrogens is 4. The molecule has 3 aromatic carbocycles. The largest absolute Gasteiger partial charge is 0.494 e. The van der Waals surface area contributed by atoms with Crippen molar-refractivity contribution in [3.05, 3.63) is 106 Å².